The minimum Gasteiger partial charge on any atom is -0.481 e. The molecule has 33 heavy (non-hydrogen) atoms. The van der Waals surface area contributed by atoms with Crippen molar-refractivity contribution in [3.05, 3.63) is 34.9 Å². The number of carbonyl (C=O) groups excluding carboxylic acids is 2. The van der Waals surface area contributed by atoms with Crippen molar-refractivity contribution in [2.24, 2.45) is 16.7 Å². The van der Waals surface area contributed by atoms with Crippen LogP contribution >= 0.6 is 11.6 Å². The number of nitrogens with one attached hydrogen (secondary N) is 1. The van der Waals surface area contributed by atoms with Crippen molar-refractivity contribution < 1.29 is 24.6 Å². The zero-order valence-corrected chi connectivity index (χ0v) is 21.2. The Labute approximate surface area is 201 Å². The highest BCUT2D eigenvalue weighted by Gasteiger charge is 2.50. The second-order valence-corrected chi connectivity index (χ2v) is 11.2. The monoisotopic (exact) mass is 480 g/mol. The summed E-state index contributed by atoms with van der Waals surface area (Å²) in [6.07, 6.45) is 0.564. The largest absolute Gasteiger partial charge is 0.481 e. The summed E-state index contributed by atoms with van der Waals surface area (Å²) in [5, 5.41) is 24.2. The molecule has 0 aliphatic carbocycles. The molecule has 1 fully saturated rings. The Morgan fingerprint density at radius 1 is 1.18 bits per heavy atom. The third-order valence-electron chi connectivity index (χ3n) is 6.89. The molecule has 8 heteroatoms. The van der Waals surface area contributed by atoms with Gasteiger partial charge in [-0.2, -0.15) is 0 Å². The molecule has 2 unspecified atom stereocenters. The molecule has 1 aliphatic rings. The molecule has 0 radical (unpaired) electrons. The quantitative estimate of drug-likeness (QED) is 0.524. The maximum absolute atomic E-state index is 13.4. The maximum atomic E-state index is 13.4. The van der Waals surface area contributed by atoms with Crippen LogP contribution in [-0.4, -0.2) is 52.0 Å². The van der Waals surface area contributed by atoms with Gasteiger partial charge in [0.1, 0.15) is 6.04 Å². The van der Waals surface area contributed by atoms with Crippen molar-refractivity contribution in [1.29, 1.82) is 0 Å². The number of carboxylic acids is 1. The number of likely N-dealkylation sites (tertiary alicyclic amines) is 1. The second-order valence-electron chi connectivity index (χ2n) is 10.7. The van der Waals surface area contributed by atoms with Gasteiger partial charge in [0.2, 0.25) is 11.8 Å². The van der Waals surface area contributed by atoms with Gasteiger partial charge in [-0.15, -0.1) is 0 Å². The van der Waals surface area contributed by atoms with Gasteiger partial charge in [0.25, 0.3) is 0 Å². The first-order valence-electron chi connectivity index (χ1n) is 11.4. The summed E-state index contributed by atoms with van der Waals surface area (Å²) >= 11 is 6.00. The van der Waals surface area contributed by atoms with Crippen molar-refractivity contribution in [3.63, 3.8) is 0 Å². The molecular formula is C25H37ClN2O5. The van der Waals surface area contributed by atoms with Gasteiger partial charge in [0.05, 0.1) is 11.0 Å². The Morgan fingerprint density at radius 3 is 2.24 bits per heavy atom. The number of hydrogen-bond donors (Lipinski definition) is 3. The van der Waals surface area contributed by atoms with E-state index in [2.05, 4.69) is 5.32 Å². The van der Waals surface area contributed by atoms with Crippen LogP contribution < -0.4 is 5.32 Å². The second kappa shape index (κ2) is 10.0. The molecule has 1 aliphatic heterocycles. The molecule has 0 spiro atoms. The Balaban J connectivity index is 2.11. The molecule has 184 valence electrons. The van der Waals surface area contributed by atoms with Gasteiger partial charge < -0.3 is 20.4 Å². The normalized spacial score (nSPS) is 21.5. The van der Waals surface area contributed by atoms with Crippen molar-refractivity contribution in [3.8, 4) is 0 Å². The highest BCUT2D eigenvalue weighted by molar-refractivity contribution is 6.30. The standard InChI is InChI=1S/C25H37ClN2O5/c1-16(2)20(27-19(29)11-12-23(3,4)22(31)32)21(30)28-14-13-25(33,24(5,6)15-28)17-7-9-18(26)10-8-17/h7-10,16,20,33H,11-15H2,1-6H3,(H,27,29)(H,31,32). The smallest absolute Gasteiger partial charge is 0.309 e. The minimum absolute atomic E-state index is 0.0254. The molecule has 3 N–H and O–H groups in total. The molecule has 0 aromatic heterocycles. The molecule has 1 aromatic carbocycles. The summed E-state index contributed by atoms with van der Waals surface area (Å²) in [5.74, 6) is -1.64. The number of benzene rings is 1. The number of nitrogens with zero attached hydrogens (tertiary/aromatic N) is 1. The van der Waals surface area contributed by atoms with E-state index in [1.807, 2.05) is 39.8 Å². The average Bonchev–Trinajstić information content (AvgIpc) is 2.72. The zero-order chi connectivity index (χ0) is 25.2. The molecule has 0 bridgehead atoms. The molecule has 1 aromatic rings. The van der Waals surface area contributed by atoms with Crippen LogP contribution in [0.2, 0.25) is 5.02 Å². The van der Waals surface area contributed by atoms with E-state index in [1.54, 1.807) is 30.9 Å². The Morgan fingerprint density at radius 2 is 1.76 bits per heavy atom. The van der Waals surface area contributed by atoms with Crippen molar-refractivity contribution in [2.75, 3.05) is 13.1 Å². The topological polar surface area (TPSA) is 107 Å². The highest BCUT2D eigenvalue weighted by Crippen LogP contribution is 2.46. The van der Waals surface area contributed by atoms with E-state index in [1.165, 1.54) is 0 Å². The highest BCUT2D eigenvalue weighted by atomic mass is 35.5. The SMILES string of the molecule is CC(C)C(NC(=O)CCC(C)(C)C(=O)O)C(=O)N1CCC(O)(c2ccc(Cl)cc2)C(C)(C)C1. The van der Waals surface area contributed by atoms with Crippen LogP contribution in [0, 0.1) is 16.7 Å². The van der Waals surface area contributed by atoms with Gasteiger partial charge in [-0.05, 0) is 50.3 Å². The van der Waals surface area contributed by atoms with E-state index >= 15 is 0 Å². The summed E-state index contributed by atoms with van der Waals surface area (Å²) < 4.78 is 0. The van der Waals surface area contributed by atoms with Crippen LogP contribution in [0.4, 0.5) is 0 Å². The van der Waals surface area contributed by atoms with Crippen LogP contribution in [0.1, 0.15) is 66.4 Å². The number of carbonyl (C=O) groups is 3. The number of hydrogen-bond acceptors (Lipinski definition) is 4. The number of amides is 2. The van der Waals surface area contributed by atoms with Crippen LogP contribution in [-0.2, 0) is 20.0 Å². The van der Waals surface area contributed by atoms with Crippen molar-refractivity contribution in [1.82, 2.24) is 10.2 Å². The van der Waals surface area contributed by atoms with Gasteiger partial charge in [-0.1, -0.05) is 51.4 Å². The lowest BCUT2D eigenvalue weighted by molar-refractivity contribution is -0.157. The predicted octanol–water partition coefficient (Wildman–Crippen LogP) is 3.82. The fourth-order valence-corrected chi connectivity index (χ4v) is 4.39. The molecule has 2 rings (SSSR count). The Kier molecular flexibility index (Phi) is 8.23. The number of halogens is 1. The molecular weight excluding hydrogens is 444 g/mol. The zero-order valence-electron chi connectivity index (χ0n) is 20.4. The van der Waals surface area contributed by atoms with E-state index in [0.29, 0.717) is 24.5 Å². The molecule has 1 saturated heterocycles. The van der Waals surface area contributed by atoms with E-state index in [4.69, 9.17) is 11.6 Å². The fraction of sp³-hybridized carbons (Fsp3) is 0.640. The summed E-state index contributed by atoms with van der Waals surface area (Å²) in [6.45, 7) is 11.4. The van der Waals surface area contributed by atoms with E-state index in [0.717, 1.165) is 5.56 Å². The molecule has 1 heterocycles. The van der Waals surface area contributed by atoms with Crippen LogP contribution in [0.25, 0.3) is 0 Å². The van der Waals surface area contributed by atoms with Gasteiger partial charge in [0.15, 0.2) is 0 Å². The lowest BCUT2D eigenvalue weighted by Crippen LogP contribution is -2.60. The first-order valence-corrected chi connectivity index (χ1v) is 11.8. The van der Waals surface area contributed by atoms with Crippen LogP contribution in [0.5, 0.6) is 0 Å². The number of aliphatic hydroxyl groups is 1. The lowest BCUT2D eigenvalue weighted by atomic mass is 9.66. The number of piperidine rings is 1. The van der Waals surface area contributed by atoms with Gasteiger partial charge in [-0.3, -0.25) is 14.4 Å². The predicted molar refractivity (Wildman–Crippen MR) is 128 cm³/mol. The molecule has 7 nitrogen and oxygen atoms in total. The number of carboxylic acid groups (broad SMARTS) is 1. The van der Waals surface area contributed by atoms with Crippen molar-refractivity contribution >= 4 is 29.4 Å². The molecule has 0 saturated carbocycles. The minimum atomic E-state index is -1.12. The van der Waals surface area contributed by atoms with Gasteiger partial charge >= 0.3 is 5.97 Å². The Hall–Kier alpha value is -2.12. The van der Waals surface area contributed by atoms with E-state index < -0.39 is 28.4 Å². The summed E-state index contributed by atoms with van der Waals surface area (Å²) in [7, 11) is 0. The third-order valence-corrected chi connectivity index (χ3v) is 7.14. The first-order chi connectivity index (χ1) is 15.1. The lowest BCUT2D eigenvalue weighted by Gasteiger charge is -2.51. The Bertz CT molecular complexity index is 881. The average molecular weight is 481 g/mol. The fourth-order valence-electron chi connectivity index (χ4n) is 4.26. The molecule has 2 amide bonds. The summed E-state index contributed by atoms with van der Waals surface area (Å²) in [6, 6.07) is 6.41. The van der Waals surface area contributed by atoms with E-state index in [9.17, 15) is 24.6 Å². The van der Waals surface area contributed by atoms with Crippen LogP contribution in [0.3, 0.4) is 0 Å². The van der Waals surface area contributed by atoms with Crippen LogP contribution in [0.15, 0.2) is 24.3 Å². The third kappa shape index (κ3) is 6.07. The van der Waals surface area contributed by atoms with E-state index in [-0.39, 0.29) is 30.6 Å². The number of aliphatic carboxylic acids is 1. The van der Waals surface area contributed by atoms with Gasteiger partial charge in [0, 0.05) is 29.9 Å². The first kappa shape index (κ1) is 27.1. The summed E-state index contributed by atoms with van der Waals surface area (Å²) in [5.41, 5.74) is -2.00. The molecule has 2 atom stereocenters. The van der Waals surface area contributed by atoms with Crippen molar-refractivity contribution in [2.45, 2.75) is 72.4 Å². The number of rotatable bonds is 8. The van der Waals surface area contributed by atoms with Gasteiger partial charge in [-0.25, -0.2) is 0 Å². The summed E-state index contributed by atoms with van der Waals surface area (Å²) in [4.78, 5) is 38.9. The maximum Gasteiger partial charge on any atom is 0.309 e.